The summed E-state index contributed by atoms with van der Waals surface area (Å²) < 4.78 is 9.24. The van der Waals surface area contributed by atoms with Crippen LogP contribution in [-0.4, -0.2) is 47.6 Å². The van der Waals surface area contributed by atoms with Crippen LogP contribution in [0.4, 0.5) is 0 Å². The van der Waals surface area contributed by atoms with Crippen LogP contribution in [-0.2, 0) is 19.1 Å². The zero-order chi connectivity index (χ0) is 12.6. The largest absolute Gasteiger partial charge is 0.463 e. The second-order valence-electron chi connectivity index (χ2n) is 3.21. The van der Waals surface area contributed by atoms with Crippen molar-refractivity contribution in [2.75, 3.05) is 13.2 Å². The Morgan fingerprint density at radius 3 is 1.50 bits per heavy atom. The third-order valence-electron chi connectivity index (χ3n) is 1.85. The predicted molar refractivity (Wildman–Crippen MR) is 54.5 cm³/mol. The van der Waals surface area contributed by atoms with Gasteiger partial charge in [0.15, 0.2) is 0 Å². The lowest BCUT2D eigenvalue weighted by molar-refractivity contribution is -0.155. The van der Waals surface area contributed by atoms with Gasteiger partial charge in [0.05, 0.1) is 0 Å². The summed E-state index contributed by atoms with van der Waals surface area (Å²) in [6.45, 7) is 2.62. The number of carbonyl (C=O) groups is 2. The van der Waals surface area contributed by atoms with Gasteiger partial charge < -0.3 is 19.7 Å². The Kier molecular flexibility index (Phi) is 7.49. The highest BCUT2D eigenvalue weighted by Gasteiger charge is 2.19. The van der Waals surface area contributed by atoms with Crippen LogP contribution in [0.2, 0.25) is 0 Å². The summed E-state index contributed by atoms with van der Waals surface area (Å²) in [7, 11) is 0. The van der Waals surface area contributed by atoms with Crippen LogP contribution in [0.1, 0.15) is 26.7 Å². The first-order chi connectivity index (χ1) is 7.51. The molecule has 0 heterocycles. The predicted octanol–water partition coefficient (Wildman–Crippen LogP) is -0.385. The van der Waals surface area contributed by atoms with E-state index in [1.807, 2.05) is 0 Å². The van der Waals surface area contributed by atoms with E-state index in [-0.39, 0.29) is 26.1 Å². The van der Waals surface area contributed by atoms with Gasteiger partial charge in [0, 0.05) is 12.8 Å². The van der Waals surface area contributed by atoms with Crippen molar-refractivity contribution in [2.45, 2.75) is 38.9 Å². The van der Waals surface area contributed by atoms with Crippen LogP contribution in [0.3, 0.4) is 0 Å². The lowest BCUT2D eigenvalue weighted by Crippen LogP contribution is -2.35. The fourth-order valence-corrected chi connectivity index (χ4v) is 0.783. The van der Waals surface area contributed by atoms with Crippen molar-refractivity contribution in [3.63, 3.8) is 0 Å². The second-order valence-corrected chi connectivity index (χ2v) is 3.21. The van der Waals surface area contributed by atoms with Gasteiger partial charge in [-0.15, -0.1) is 0 Å². The molecule has 0 aliphatic rings. The van der Waals surface area contributed by atoms with Gasteiger partial charge in [-0.2, -0.15) is 0 Å². The van der Waals surface area contributed by atoms with E-state index < -0.39 is 24.1 Å². The molecule has 6 nitrogen and oxygen atoms in total. The number of hydrogen-bond donors (Lipinski definition) is 2. The summed E-state index contributed by atoms with van der Waals surface area (Å²) >= 11 is 0. The quantitative estimate of drug-likeness (QED) is 0.583. The Labute approximate surface area is 94.2 Å². The first kappa shape index (κ1) is 14.9. The maximum atomic E-state index is 10.8. The molecule has 16 heavy (non-hydrogen) atoms. The van der Waals surface area contributed by atoms with Crippen molar-refractivity contribution in [2.24, 2.45) is 0 Å². The van der Waals surface area contributed by atoms with Crippen LogP contribution in [0.5, 0.6) is 0 Å². The SMILES string of the molecule is CCC(=O)OC[C@@H](O)[C@@H](O)COC(=O)CC. The highest BCUT2D eigenvalue weighted by molar-refractivity contribution is 5.69. The van der Waals surface area contributed by atoms with Crippen molar-refractivity contribution in [3.05, 3.63) is 0 Å². The summed E-state index contributed by atoms with van der Waals surface area (Å²) in [5.41, 5.74) is 0. The minimum absolute atomic E-state index is 0.202. The smallest absolute Gasteiger partial charge is 0.305 e. The van der Waals surface area contributed by atoms with E-state index in [2.05, 4.69) is 9.47 Å². The molecule has 0 bridgehead atoms. The molecule has 0 fully saturated rings. The van der Waals surface area contributed by atoms with E-state index in [9.17, 15) is 19.8 Å². The van der Waals surface area contributed by atoms with Crippen molar-refractivity contribution in [1.29, 1.82) is 0 Å². The molecule has 0 saturated heterocycles. The molecule has 2 N–H and O–H groups in total. The minimum atomic E-state index is -1.25. The molecule has 0 amide bonds. The normalized spacial score (nSPS) is 14.0. The fraction of sp³-hybridized carbons (Fsp3) is 0.800. The Bertz CT molecular complexity index is 203. The van der Waals surface area contributed by atoms with Gasteiger partial charge in [-0.1, -0.05) is 13.8 Å². The third-order valence-corrected chi connectivity index (χ3v) is 1.85. The highest BCUT2D eigenvalue weighted by Crippen LogP contribution is 1.98. The number of aliphatic hydroxyl groups excluding tert-OH is 2. The van der Waals surface area contributed by atoms with Gasteiger partial charge in [0.25, 0.3) is 0 Å². The molecular formula is C10H18O6. The first-order valence-electron chi connectivity index (χ1n) is 5.18. The number of rotatable bonds is 7. The third kappa shape index (κ3) is 6.36. The first-order valence-corrected chi connectivity index (χ1v) is 5.18. The van der Waals surface area contributed by atoms with Crippen LogP contribution in [0, 0.1) is 0 Å². The number of carbonyl (C=O) groups excluding carboxylic acids is 2. The van der Waals surface area contributed by atoms with Crippen molar-refractivity contribution in [3.8, 4) is 0 Å². The average molecular weight is 234 g/mol. The average Bonchev–Trinajstić information content (AvgIpc) is 2.31. The molecule has 0 radical (unpaired) electrons. The van der Waals surface area contributed by atoms with Crippen LogP contribution in [0.15, 0.2) is 0 Å². The molecule has 0 spiro atoms. The zero-order valence-electron chi connectivity index (χ0n) is 9.51. The van der Waals surface area contributed by atoms with Crippen LogP contribution >= 0.6 is 0 Å². The molecule has 0 rings (SSSR count). The molecule has 0 aromatic rings. The summed E-state index contributed by atoms with van der Waals surface area (Å²) in [5, 5.41) is 18.7. The fourth-order valence-electron chi connectivity index (χ4n) is 0.783. The Balaban J connectivity index is 3.76. The Morgan fingerprint density at radius 2 is 1.25 bits per heavy atom. The summed E-state index contributed by atoms with van der Waals surface area (Å²) in [4.78, 5) is 21.5. The molecule has 0 aliphatic heterocycles. The van der Waals surface area contributed by atoms with E-state index in [1.54, 1.807) is 13.8 Å². The van der Waals surface area contributed by atoms with Crippen molar-refractivity contribution < 1.29 is 29.3 Å². The molecule has 0 aromatic heterocycles. The lowest BCUT2D eigenvalue weighted by Gasteiger charge is -2.17. The van der Waals surface area contributed by atoms with Gasteiger partial charge in [-0.25, -0.2) is 0 Å². The molecular weight excluding hydrogens is 216 g/mol. The topological polar surface area (TPSA) is 93.1 Å². The number of ether oxygens (including phenoxy) is 2. The van der Waals surface area contributed by atoms with Crippen LogP contribution < -0.4 is 0 Å². The molecule has 6 heteroatoms. The van der Waals surface area contributed by atoms with Gasteiger partial charge in [-0.05, 0) is 0 Å². The summed E-state index contributed by atoms with van der Waals surface area (Å²) in [5.74, 6) is -0.923. The number of esters is 2. The number of hydrogen-bond acceptors (Lipinski definition) is 6. The Hall–Kier alpha value is -1.14. The Morgan fingerprint density at radius 1 is 0.938 bits per heavy atom. The second kappa shape index (κ2) is 8.06. The van der Waals surface area contributed by atoms with Crippen LogP contribution in [0.25, 0.3) is 0 Å². The van der Waals surface area contributed by atoms with E-state index in [0.717, 1.165) is 0 Å². The maximum Gasteiger partial charge on any atom is 0.305 e. The van der Waals surface area contributed by atoms with Gasteiger partial charge >= 0.3 is 11.9 Å². The van der Waals surface area contributed by atoms with E-state index in [0.29, 0.717) is 0 Å². The summed E-state index contributed by atoms with van der Waals surface area (Å²) in [6, 6.07) is 0. The highest BCUT2D eigenvalue weighted by atomic mass is 16.6. The molecule has 94 valence electrons. The van der Waals surface area contributed by atoms with Gasteiger partial charge in [0.2, 0.25) is 0 Å². The maximum absolute atomic E-state index is 10.8. The van der Waals surface area contributed by atoms with Crippen molar-refractivity contribution in [1.82, 2.24) is 0 Å². The van der Waals surface area contributed by atoms with Crippen molar-refractivity contribution >= 4 is 11.9 Å². The molecule has 0 unspecified atom stereocenters. The molecule has 0 aliphatic carbocycles. The van der Waals surface area contributed by atoms with Gasteiger partial charge in [-0.3, -0.25) is 9.59 Å². The minimum Gasteiger partial charge on any atom is -0.463 e. The standard InChI is InChI=1S/C10H18O6/c1-3-9(13)15-5-7(11)8(12)6-16-10(14)4-2/h7-8,11-12H,3-6H2,1-2H3/t7-,8+. The lowest BCUT2D eigenvalue weighted by atomic mass is 10.2. The monoisotopic (exact) mass is 234 g/mol. The van der Waals surface area contributed by atoms with E-state index in [1.165, 1.54) is 0 Å². The van der Waals surface area contributed by atoms with Gasteiger partial charge in [0.1, 0.15) is 25.4 Å². The molecule has 2 atom stereocenters. The molecule has 0 saturated carbocycles. The summed E-state index contributed by atoms with van der Waals surface area (Å²) in [6.07, 6.45) is -2.10. The number of aliphatic hydroxyl groups is 2. The van der Waals surface area contributed by atoms with E-state index >= 15 is 0 Å². The molecule has 0 aromatic carbocycles. The zero-order valence-corrected chi connectivity index (χ0v) is 9.51. The van der Waals surface area contributed by atoms with E-state index in [4.69, 9.17) is 0 Å².